The van der Waals surface area contributed by atoms with Crippen molar-refractivity contribution in [3.63, 3.8) is 0 Å². The fourth-order valence-corrected chi connectivity index (χ4v) is 3.89. The van der Waals surface area contributed by atoms with E-state index in [9.17, 15) is 0 Å². The Labute approximate surface area is 166 Å². The van der Waals surface area contributed by atoms with E-state index in [1.54, 1.807) is 0 Å². The van der Waals surface area contributed by atoms with E-state index in [1.807, 2.05) is 0 Å². The van der Waals surface area contributed by atoms with Gasteiger partial charge in [-0.1, -0.05) is 13.8 Å². The van der Waals surface area contributed by atoms with Gasteiger partial charge in [-0.15, -0.1) is 0 Å². The SMILES string of the molecule is CCNC(=NCC1CCCN(CC(C)C)C1)NCCCOCC1CCOC1. The second kappa shape index (κ2) is 13.3. The number of hydrogen-bond donors (Lipinski definition) is 2. The van der Waals surface area contributed by atoms with Crippen LogP contribution in [0.2, 0.25) is 0 Å². The average molecular weight is 383 g/mol. The van der Waals surface area contributed by atoms with Crippen molar-refractivity contribution in [2.24, 2.45) is 22.7 Å². The summed E-state index contributed by atoms with van der Waals surface area (Å²) in [6.45, 7) is 16.5. The fourth-order valence-electron chi connectivity index (χ4n) is 3.89. The number of aliphatic imine (C=N–C) groups is 1. The van der Waals surface area contributed by atoms with E-state index in [-0.39, 0.29) is 0 Å². The molecule has 6 nitrogen and oxygen atoms in total. The van der Waals surface area contributed by atoms with Gasteiger partial charge in [0.15, 0.2) is 5.96 Å². The van der Waals surface area contributed by atoms with Crippen molar-refractivity contribution in [3.05, 3.63) is 0 Å². The van der Waals surface area contributed by atoms with Crippen LogP contribution in [-0.4, -0.2) is 76.6 Å². The van der Waals surface area contributed by atoms with Crippen LogP contribution >= 0.6 is 0 Å². The van der Waals surface area contributed by atoms with Gasteiger partial charge >= 0.3 is 0 Å². The first-order valence-corrected chi connectivity index (χ1v) is 11.1. The van der Waals surface area contributed by atoms with E-state index >= 15 is 0 Å². The van der Waals surface area contributed by atoms with Gasteiger partial charge in [0.05, 0.1) is 13.2 Å². The lowest BCUT2D eigenvalue weighted by Gasteiger charge is -2.33. The van der Waals surface area contributed by atoms with Gasteiger partial charge in [-0.05, 0) is 51.0 Å². The first kappa shape index (κ1) is 22.4. The Hall–Kier alpha value is -0.850. The minimum absolute atomic E-state index is 0.600. The highest BCUT2D eigenvalue weighted by molar-refractivity contribution is 5.79. The summed E-state index contributed by atoms with van der Waals surface area (Å²) in [5.74, 6) is 2.98. The highest BCUT2D eigenvalue weighted by Gasteiger charge is 2.20. The van der Waals surface area contributed by atoms with Gasteiger partial charge in [-0.25, -0.2) is 0 Å². The molecule has 0 aromatic heterocycles. The molecule has 2 N–H and O–H groups in total. The van der Waals surface area contributed by atoms with Gasteiger partial charge in [0.2, 0.25) is 0 Å². The van der Waals surface area contributed by atoms with Crippen LogP contribution in [-0.2, 0) is 9.47 Å². The molecule has 6 heteroatoms. The Morgan fingerprint density at radius 1 is 1.26 bits per heavy atom. The van der Waals surface area contributed by atoms with Crippen LogP contribution in [0.1, 0.15) is 46.5 Å². The van der Waals surface area contributed by atoms with Crippen molar-refractivity contribution in [2.75, 3.05) is 65.7 Å². The van der Waals surface area contributed by atoms with Gasteiger partial charge in [-0.2, -0.15) is 0 Å². The molecule has 2 aliphatic rings. The number of rotatable bonds is 11. The lowest BCUT2D eigenvalue weighted by molar-refractivity contribution is 0.0888. The third-order valence-electron chi connectivity index (χ3n) is 5.21. The smallest absolute Gasteiger partial charge is 0.191 e. The van der Waals surface area contributed by atoms with E-state index in [4.69, 9.17) is 14.5 Å². The predicted octanol–water partition coefficient (Wildman–Crippen LogP) is 2.35. The van der Waals surface area contributed by atoms with Crippen LogP contribution in [0.3, 0.4) is 0 Å². The minimum atomic E-state index is 0.600. The zero-order valence-corrected chi connectivity index (χ0v) is 17.8. The second-order valence-electron chi connectivity index (χ2n) is 8.47. The zero-order chi connectivity index (χ0) is 19.3. The molecule has 2 aliphatic heterocycles. The third-order valence-corrected chi connectivity index (χ3v) is 5.21. The standard InChI is InChI=1S/C21H42N4O2/c1-4-22-21(23-9-6-11-26-16-20-8-12-27-17-20)24-13-19-7-5-10-25(15-19)14-18(2)3/h18-20H,4-17H2,1-3H3,(H2,22,23,24). The molecule has 2 rings (SSSR count). The maximum absolute atomic E-state index is 5.77. The quantitative estimate of drug-likeness (QED) is 0.326. The topological polar surface area (TPSA) is 58.1 Å². The van der Waals surface area contributed by atoms with Crippen LogP contribution in [0.5, 0.6) is 0 Å². The maximum Gasteiger partial charge on any atom is 0.191 e. The Bertz CT molecular complexity index is 411. The van der Waals surface area contributed by atoms with Crippen LogP contribution in [0, 0.1) is 17.8 Å². The Kier molecular flexibility index (Phi) is 11.1. The van der Waals surface area contributed by atoms with Crippen molar-refractivity contribution in [1.29, 1.82) is 0 Å². The van der Waals surface area contributed by atoms with Gasteiger partial charge in [0.25, 0.3) is 0 Å². The van der Waals surface area contributed by atoms with Crippen molar-refractivity contribution >= 4 is 5.96 Å². The molecule has 27 heavy (non-hydrogen) atoms. The summed E-state index contributed by atoms with van der Waals surface area (Å²) < 4.78 is 11.1. The van der Waals surface area contributed by atoms with E-state index in [0.717, 1.165) is 70.8 Å². The number of nitrogens with one attached hydrogen (secondary N) is 2. The van der Waals surface area contributed by atoms with Crippen LogP contribution in [0.25, 0.3) is 0 Å². The molecule has 0 aromatic carbocycles. The molecule has 0 aromatic rings. The van der Waals surface area contributed by atoms with Gasteiger partial charge in [-0.3, -0.25) is 4.99 Å². The number of guanidine groups is 1. The minimum Gasteiger partial charge on any atom is -0.381 e. The van der Waals surface area contributed by atoms with E-state index in [1.165, 1.54) is 32.5 Å². The van der Waals surface area contributed by atoms with E-state index in [0.29, 0.717) is 11.8 Å². The number of hydrogen-bond acceptors (Lipinski definition) is 4. The number of piperidine rings is 1. The van der Waals surface area contributed by atoms with Crippen molar-refractivity contribution in [3.8, 4) is 0 Å². The Morgan fingerprint density at radius 3 is 2.89 bits per heavy atom. The summed E-state index contributed by atoms with van der Waals surface area (Å²) >= 11 is 0. The molecule has 0 radical (unpaired) electrons. The van der Waals surface area contributed by atoms with Crippen molar-refractivity contribution < 1.29 is 9.47 Å². The number of ether oxygens (including phenoxy) is 2. The van der Waals surface area contributed by atoms with Gasteiger partial charge in [0.1, 0.15) is 0 Å². The van der Waals surface area contributed by atoms with Crippen LogP contribution in [0.15, 0.2) is 4.99 Å². The molecule has 0 aliphatic carbocycles. The van der Waals surface area contributed by atoms with E-state index < -0.39 is 0 Å². The molecule has 0 saturated carbocycles. The summed E-state index contributed by atoms with van der Waals surface area (Å²) in [6.07, 6.45) is 4.76. The number of likely N-dealkylation sites (tertiary alicyclic amines) is 1. The highest BCUT2D eigenvalue weighted by atomic mass is 16.5. The fraction of sp³-hybridized carbons (Fsp3) is 0.952. The summed E-state index contributed by atoms with van der Waals surface area (Å²) in [5, 5.41) is 6.82. The molecular weight excluding hydrogens is 340 g/mol. The molecule has 0 amide bonds. The summed E-state index contributed by atoms with van der Waals surface area (Å²) in [5.41, 5.74) is 0. The van der Waals surface area contributed by atoms with E-state index in [2.05, 4.69) is 36.3 Å². The average Bonchev–Trinajstić information content (AvgIpc) is 3.15. The van der Waals surface area contributed by atoms with Crippen molar-refractivity contribution in [2.45, 2.75) is 46.5 Å². The maximum atomic E-state index is 5.77. The molecule has 2 heterocycles. The third kappa shape index (κ3) is 9.77. The number of nitrogens with zero attached hydrogens (tertiary/aromatic N) is 2. The molecule has 0 spiro atoms. The lowest BCUT2D eigenvalue weighted by atomic mass is 9.97. The highest BCUT2D eigenvalue weighted by Crippen LogP contribution is 2.17. The molecule has 158 valence electrons. The first-order valence-electron chi connectivity index (χ1n) is 11.1. The predicted molar refractivity (Wildman–Crippen MR) is 112 cm³/mol. The van der Waals surface area contributed by atoms with Gasteiger partial charge in [0, 0.05) is 51.9 Å². The summed E-state index contributed by atoms with van der Waals surface area (Å²) in [7, 11) is 0. The Balaban J connectivity index is 1.61. The molecule has 2 fully saturated rings. The summed E-state index contributed by atoms with van der Waals surface area (Å²) in [6, 6.07) is 0. The van der Waals surface area contributed by atoms with Crippen LogP contribution in [0.4, 0.5) is 0 Å². The van der Waals surface area contributed by atoms with Gasteiger partial charge < -0.3 is 25.0 Å². The van der Waals surface area contributed by atoms with Crippen LogP contribution < -0.4 is 10.6 Å². The zero-order valence-electron chi connectivity index (χ0n) is 17.8. The largest absolute Gasteiger partial charge is 0.381 e. The molecule has 2 saturated heterocycles. The summed E-state index contributed by atoms with van der Waals surface area (Å²) in [4.78, 5) is 7.45. The Morgan fingerprint density at radius 2 is 2.15 bits per heavy atom. The molecule has 0 bridgehead atoms. The molecule has 2 unspecified atom stereocenters. The first-order chi connectivity index (χ1) is 13.2. The lowest BCUT2D eigenvalue weighted by Crippen LogP contribution is -2.41. The monoisotopic (exact) mass is 382 g/mol. The van der Waals surface area contributed by atoms with Crippen molar-refractivity contribution in [1.82, 2.24) is 15.5 Å². The normalized spacial score (nSPS) is 24.5. The second-order valence-corrected chi connectivity index (χ2v) is 8.47. The molecule has 2 atom stereocenters. The molecular formula is C21H42N4O2.